The van der Waals surface area contributed by atoms with Gasteiger partial charge in [0.2, 0.25) is 11.9 Å². The molecular formula is C25H21F2N5O2. The fourth-order valence-electron chi connectivity index (χ4n) is 3.85. The molecule has 1 heterocycles. The number of nitrogens with two attached hydrogens (primary N) is 2. The molecule has 9 heteroatoms. The van der Waals surface area contributed by atoms with Crippen molar-refractivity contribution in [1.29, 1.82) is 0 Å². The Hall–Kier alpha value is -4.40. The Morgan fingerprint density at radius 1 is 1.03 bits per heavy atom. The van der Waals surface area contributed by atoms with Gasteiger partial charge in [-0.2, -0.15) is 0 Å². The van der Waals surface area contributed by atoms with E-state index in [1.54, 1.807) is 24.4 Å². The fraction of sp³-hybridized carbons (Fsp3) is 0.120. The van der Waals surface area contributed by atoms with Gasteiger partial charge in [-0.15, -0.1) is 0 Å². The van der Waals surface area contributed by atoms with Gasteiger partial charge in [-0.3, -0.25) is 9.59 Å². The molecule has 0 saturated carbocycles. The van der Waals surface area contributed by atoms with Crippen LogP contribution in [0.15, 0.2) is 54.7 Å². The monoisotopic (exact) mass is 461 g/mol. The molecule has 0 aliphatic rings. The van der Waals surface area contributed by atoms with E-state index in [9.17, 15) is 18.4 Å². The number of amides is 2. The molecule has 0 atom stereocenters. The van der Waals surface area contributed by atoms with E-state index in [1.807, 2.05) is 25.1 Å². The van der Waals surface area contributed by atoms with E-state index in [0.29, 0.717) is 11.1 Å². The van der Waals surface area contributed by atoms with Gasteiger partial charge in [0.05, 0.1) is 11.1 Å². The van der Waals surface area contributed by atoms with Gasteiger partial charge in [0.25, 0.3) is 5.91 Å². The first-order valence-corrected chi connectivity index (χ1v) is 10.3. The predicted octanol–water partition coefficient (Wildman–Crippen LogP) is 4.48. The highest BCUT2D eigenvalue weighted by Gasteiger charge is 2.20. The second-order valence-corrected chi connectivity index (χ2v) is 7.74. The minimum Gasteiger partial charge on any atom is -0.368 e. The van der Waals surface area contributed by atoms with E-state index in [0.717, 1.165) is 22.1 Å². The molecule has 3 aromatic carbocycles. The van der Waals surface area contributed by atoms with Gasteiger partial charge in [-0.1, -0.05) is 18.2 Å². The quantitative estimate of drug-likeness (QED) is 0.391. The Kier molecular flexibility index (Phi) is 6.18. The third kappa shape index (κ3) is 4.27. The van der Waals surface area contributed by atoms with E-state index < -0.39 is 25.2 Å². The van der Waals surface area contributed by atoms with Crippen LogP contribution in [0.4, 0.5) is 20.4 Å². The van der Waals surface area contributed by atoms with E-state index >= 15 is 0 Å². The van der Waals surface area contributed by atoms with E-state index in [2.05, 4.69) is 15.3 Å². The van der Waals surface area contributed by atoms with Gasteiger partial charge >= 0.3 is 0 Å². The Morgan fingerprint density at radius 3 is 2.53 bits per heavy atom. The molecule has 34 heavy (non-hydrogen) atoms. The molecule has 2 amide bonds. The largest absolute Gasteiger partial charge is 0.368 e. The third-order valence-corrected chi connectivity index (χ3v) is 5.58. The van der Waals surface area contributed by atoms with Crippen LogP contribution in [0.2, 0.25) is 0 Å². The molecule has 4 aromatic rings. The molecule has 0 radical (unpaired) electrons. The number of carbonyl (C=O) groups excluding carboxylic acids is 2. The Labute approximate surface area is 193 Å². The van der Waals surface area contributed by atoms with Gasteiger partial charge in [0, 0.05) is 28.4 Å². The van der Waals surface area contributed by atoms with Gasteiger partial charge < -0.3 is 16.8 Å². The van der Waals surface area contributed by atoms with Crippen molar-refractivity contribution in [3.05, 3.63) is 82.5 Å². The molecule has 0 saturated heterocycles. The number of aryl methyl sites for hydroxylation is 1. The Morgan fingerprint density at radius 2 is 1.82 bits per heavy atom. The Bertz CT molecular complexity index is 1440. The number of hydrogen-bond donors (Lipinski definition) is 3. The number of benzene rings is 3. The lowest BCUT2D eigenvalue weighted by molar-refractivity contribution is 0.0993. The summed E-state index contributed by atoms with van der Waals surface area (Å²) in [5.74, 6) is -1.30. The van der Waals surface area contributed by atoms with Crippen LogP contribution in [0.5, 0.6) is 0 Å². The fourth-order valence-corrected chi connectivity index (χ4v) is 3.85. The standard InChI is InChI=1S/C25H21F2N5O2/c1-13-2-3-15(9-18(13)14-4-6-20-17(8-14)12-30-25(29)32-20)24(34)31-21-7-5-16(10-26)22(23(28)33)19(21)11-27/h2-9,12H,10-11H2,1H3,(H2,28,33)(H,31,34)(H2,29,30,32). The smallest absolute Gasteiger partial charge is 0.255 e. The minimum absolute atomic E-state index is 0.0298. The summed E-state index contributed by atoms with van der Waals surface area (Å²) in [6.45, 7) is -0.161. The number of alkyl halides is 2. The average Bonchev–Trinajstić information content (AvgIpc) is 2.83. The number of halogens is 2. The average molecular weight is 461 g/mol. The highest BCUT2D eigenvalue weighted by molar-refractivity contribution is 6.07. The second kappa shape index (κ2) is 9.22. The number of aromatic nitrogens is 2. The zero-order valence-corrected chi connectivity index (χ0v) is 18.2. The lowest BCUT2D eigenvalue weighted by Gasteiger charge is -2.15. The van der Waals surface area contributed by atoms with E-state index in [-0.39, 0.29) is 28.3 Å². The first kappa shape index (κ1) is 22.8. The van der Waals surface area contributed by atoms with Crippen molar-refractivity contribution in [3.8, 4) is 11.1 Å². The van der Waals surface area contributed by atoms with Crippen molar-refractivity contribution in [2.24, 2.45) is 5.73 Å². The number of anilines is 2. The second-order valence-electron chi connectivity index (χ2n) is 7.74. The normalized spacial score (nSPS) is 10.9. The molecule has 0 unspecified atom stereocenters. The molecule has 0 aliphatic heterocycles. The SMILES string of the molecule is Cc1ccc(C(=O)Nc2ccc(CF)c(C(N)=O)c2CF)cc1-c1ccc2nc(N)ncc2c1. The molecule has 7 nitrogen and oxygen atoms in total. The number of hydrogen-bond acceptors (Lipinski definition) is 5. The van der Waals surface area contributed by atoms with Crippen LogP contribution in [0, 0.1) is 6.92 Å². The Balaban J connectivity index is 1.70. The summed E-state index contributed by atoms with van der Waals surface area (Å²) in [6.07, 6.45) is 1.63. The van der Waals surface area contributed by atoms with Crippen LogP contribution in [0.3, 0.4) is 0 Å². The number of carbonyl (C=O) groups is 2. The predicted molar refractivity (Wildman–Crippen MR) is 127 cm³/mol. The van der Waals surface area contributed by atoms with Gasteiger partial charge in [-0.25, -0.2) is 18.7 Å². The van der Waals surface area contributed by atoms with Crippen LogP contribution in [0.25, 0.3) is 22.0 Å². The van der Waals surface area contributed by atoms with E-state index in [4.69, 9.17) is 11.5 Å². The maximum Gasteiger partial charge on any atom is 0.255 e. The molecule has 0 aliphatic carbocycles. The zero-order chi connectivity index (χ0) is 24.4. The van der Waals surface area contributed by atoms with Crippen LogP contribution in [-0.2, 0) is 13.3 Å². The first-order valence-electron chi connectivity index (χ1n) is 10.3. The number of nitrogen functional groups attached to an aromatic ring is 1. The van der Waals surface area contributed by atoms with Crippen molar-refractivity contribution in [2.75, 3.05) is 11.1 Å². The van der Waals surface area contributed by atoms with Gasteiger partial charge in [-0.05, 0) is 59.5 Å². The number of nitrogens with one attached hydrogen (secondary N) is 1. The van der Waals surface area contributed by atoms with E-state index in [1.165, 1.54) is 12.1 Å². The van der Waals surface area contributed by atoms with Crippen molar-refractivity contribution in [3.63, 3.8) is 0 Å². The lowest BCUT2D eigenvalue weighted by Crippen LogP contribution is -2.19. The highest BCUT2D eigenvalue weighted by Crippen LogP contribution is 2.29. The first-order chi connectivity index (χ1) is 16.3. The molecular weight excluding hydrogens is 440 g/mol. The maximum absolute atomic E-state index is 13.8. The summed E-state index contributed by atoms with van der Waals surface area (Å²) in [5, 5.41) is 3.41. The van der Waals surface area contributed by atoms with Crippen molar-refractivity contribution < 1.29 is 18.4 Å². The zero-order valence-electron chi connectivity index (χ0n) is 18.2. The van der Waals surface area contributed by atoms with Crippen LogP contribution < -0.4 is 16.8 Å². The molecule has 0 fully saturated rings. The summed E-state index contributed by atoms with van der Waals surface area (Å²) in [6, 6.07) is 13.4. The molecule has 1 aromatic heterocycles. The van der Waals surface area contributed by atoms with Crippen LogP contribution in [0.1, 0.15) is 37.4 Å². The highest BCUT2D eigenvalue weighted by atomic mass is 19.1. The van der Waals surface area contributed by atoms with Crippen molar-refractivity contribution in [2.45, 2.75) is 20.3 Å². The molecule has 5 N–H and O–H groups in total. The lowest BCUT2D eigenvalue weighted by atomic mass is 9.96. The number of fused-ring (bicyclic) bond motifs is 1. The van der Waals surface area contributed by atoms with Crippen LogP contribution >= 0.6 is 0 Å². The third-order valence-electron chi connectivity index (χ3n) is 5.58. The van der Waals surface area contributed by atoms with Crippen molar-refractivity contribution in [1.82, 2.24) is 9.97 Å². The molecule has 0 spiro atoms. The minimum atomic E-state index is -1.09. The molecule has 172 valence electrons. The topological polar surface area (TPSA) is 124 Å². The number of nitrogens with zero attached hydrogens (tertiary/aromatic N) is 2. The molecule has 4 rings (SSSR count). The molecule has 0 bridgehead atoms. The van der Waals surface area contributed by atoms with Gasteiger partial charge in [0.15, 0.2) is 0 Å². The van der Waals surface area contributed by atoms with Gasteiger partial charge in [0.1, 0.15) is 13.3 Å². The summed E-state index contributed by atoms with van der Waals surface area (Å²) >= 11 is 0. The summed E-state index contributed by atoms with van der Waals surface area (Å²) in [5.41, 5.74) is 14.2. The van der Waals surface area contributed by atoms with Crippen LogP contribution in [-0.4, -0.2) is 21.8 Å². The summed E-state index contributed by atoms with van der Waals surface area (Å²) < 4.78 is 27.0. The maximum atomic E-state index is 13.8. The number of primary amides is 1. The summed E-state index contributed by atoms with van der Waals surface area (Å²) in [7, 11) is 0. The summed E-state index contributed by atoms with van der Waals surface area (Å²) in [4.78, 5) is 33.0. The van der Waals surface area contributed by atoms with Crippen molar-refractivity contribution >= 4 is 34.4 Å². The number of rotatable bonds is 6.